The maximum atomic E-state index is 12.6. The monoisotopic (exact) mass is 412 g/mol. The number of amides is 1. The highest BCUT2D eigenvalue weighted by Crippen LogP contribution is 2.32. The SMILES string of the molecule is O=C1CCCN1c1cc(Nc2ncc(-c3nnc(C(F)F)o3)cn2)cc2[nH]cnc12. The summed E-state index contributed by atoms with van der Waals surface area (Å²) in [4.78, 5) is 29.6. The molecule has 5 rings (SSSR count). The van der Waals surface area contributed by atoms with Crippen LogP contribution in [-0.4, -0.2) is 42.6 Å². The predicted octanol–water partition coefficient (Wildman–Crippen LogP) is 3.21. The zero-order chi connectivity index (χ0) is 20.7. The molecule has 0 radical (unpaired) electrons. The van der Waals surface area contributed by atoms with E-state index in [1.807, 2.05) is 12.1 Å². The molecule has 1 fully saturated rings. The van der Waals surface area contributed by atoms with E-state index in [4.69, 9.17) is 4.42 Å². The van der Waals surface area contributed by atoms with Crippen molar-refractivity contribution in [1.82, 2.24) is 30.1 Å². The van der Waals surface area contributed by atoms with Crippen LogP contribution in [0.3, 0.4) is 0 Å². The van der Waals surface area contributed by atoms with Crippen molar-refractivity contribution in [2.45, 2.75) is 19.3 Å². The number of halogens is 2. The lowest BCUT2D eigenvalue weighted by Crippen LogP contribution is -2.24. The van der Waals surface area contributed by atoms with Gasteiger partial charge in [-0.1, -0.05) is 0 Å². The molecule has 10 nitrogen and oxygen atoms in total. The second-order valence-electron chi connectivity index (χ2n) is 6.61. The van der Waals surface area contributed by atoms with Crippen LogP contribution in [0.2, 0.25) is 0 Å². The van der Waals surface area contributed by atoms with Gasteiger partial charge in [0, 0.05) is 31.0 Å². The molecule has 0 unspecified atom stereocenters. The van der Waals surface area contributed by atoms with Gasteiger partial charge < -0.3 is 19.6 Å². The van der Waals surface area contributed by atoms with Gasteiger partial charge in [-0.05, 0) is 18.6 Å². The lowest BCUT2D eigenvalue weighted by molar-refractivity contribution is -0.117. The maximum Gasteiger partial charge on any atom is 0.314 e. The predicted molar refractivity (Wildman–Crippen MR) is 101 cm³/mol. The number of benzene rings is 1. The van der Waals surface area contributed by atoms with Gasteiger partial charge in [-0.15, -0.1) is 10.2 Å². The Labute approximate surface area is 167 Å². The Morgan fingerprint density at radius 1 is 1.17 bits per heavy atom. The van der Waals surface area contributed by atoms with Crippen molar-refractivity contribution in [3.05, 3.63) is 36.7 Å². The van der Waals surface area contributed by atoms with Gasteiger partial charge in [-0.25, -0.2) is 15.0 Å². The summed E-state index contributed by atoms with van der Waals surface area (Å²) in [5.41, 5.74) is 3.15. The van der Waals surface area contributed by atoms with E-state index in [1.165, 1.54) is 12.4 Å². The lowest BCUT2D eigenvalue weighted by Gasteiger charge is -2.17. The molecule has 0 aliphatic carbocycles. The first-order valence-corrected chi connectivity index (χ1v) is 9.07. The number of fused-ring (bicyclic) bond motifs is 1. The number of aromatic nitrogens is 6. The molecule has 2 N–H and O–H groups in total. The van der Waals surface area contributed by atoms with E-state index in [0.29, 0.717) is 35.4 Å². The van der Waals surface area contributed by atoms with Crippen molar-refractivity contribution in [3.8, 4) is 11.5 Å². The highest BCUT2D eigenvalue weighted by Gasteiger charge is 2.25. The van der Waals surface area contributed by atoms with Crippen LogP contribution in [0.4, 0.5) is 26.1 Å². The minimum absolute atomic E-state index is 0.0553. The third-order valence-corrected chi connectivity index (χ3v) is 4.65. The Morgan fingerprint density at radius 3 is 2.70 bits per heavy atom. The van der Waals surface area contributed by atoms with Gasteiger partial charge in [-0.3, -0.25) is 4.79 Å². The molecule has 30 heavy (non-hydrogen) atoms. The van der Waals surface area contributed by atoms with Crippen LogP contribution in [0.1, 0.15) is 25.2 Å². The number of alkyl halides is 2. The molecule has 1 aromatic carbocycles. The van der Waals surface area contributed by atoms with Crippen LogP contribution in [-0.2, 0) is 4.79 Å². The smallest absolute Gasteiger partial charge is 0.314 e. The molecule has 0 bridgehead atoms. The normalized spacial score (nSPS) is 14.2. The minimum Gasteiger partial charge on any atom is -0.415 e. The van der Waals surface area contributed by atoms with Crippen LogP contribution in [0.15, 0.2) is 35.3 Å². The summed E-state index contributed by atoms with van der Waals surface area (Å²) >= 11 is 0. The number of imidazole rings is 1. The zero-order valence-corrected chi connectivity index (χ0v) is 15.3. The Kier molecular flexibility index (Phi) is 4.30. The fourth-order valence-corrected chi connectivity index (χ4v) is 3.28. The molecular weight excluding hydrogens is 398 g/mol. The molecule has 1 aliphatic rings. The summed E-state index contributed by atoms with van der Waals surface area (Å²) in [5, 5.41) is 9.92. The number of rotatable bonds is 5. The summed E-state index contributed by atoms with van der Waals surface area (Å²) in [6.07, 6.45) is 2.81. The topological polar surface area (TPSA) is 126 Å². The van der Waals surface area contributed by atoms with Gasteiger partial charge in [-0.2, -0.15) is 8.78 Å². The number of carbonyl (C=O) groups excluding carboxylic acids is 1. The van der Waals surface area contributed by atoms with E-state index in [0.717, 1.165) is 11.9 Å². The van der Waals surface area contributed by atoms with E-state index < -0.39 is 12.3 Å². The average Bonchev–Trinajstić information content (AvgIpc) is 3.48. The minimum atomic E-state index is -2.85. The van der Waals surface area contributed by atoms with Gasteiger partial charge in [0.05, 0.1) is 23.1 Å². The molecule has 3 aromatic heterocycles. The fourth-order valence-electron chi connectivity index (χ4n) is 3.28. The van der Waals surface area contributed by atoms with Crippen molar-refractivity contribution in [1.29, 1.82) is 0 Å². The summed E-state index contributed by atoms with van der Waals surface area (Å²) in [7, 11) is 0. The van der Waals surface area contributed by atoms with Crippen LogP contribution in [0.5, 0.6) is 0 Å². The number of nitrogens with one attached hydrogen (secondary N) is 2. The van der Waals surface area contributed by atoms with Crippen molar-refractivity contribution in [3.63, 3.8) is 0 Å². The van der Waals surface area contributed by atoms with E-state index in [-0.39, 0.29) is 17.7 Å². The molecule has 0 atom stereocenters. The Morgan fingerprint density at radius 2 is 2.00 bits per heavy atom. The van der Waals surface area contributed by atoms with Gasteiger partial charge in [0.15, 0.2) is 0 Å². The largest absolute Gasteiger partial charge is 0.415 e. The lowest BCUT2D eigenvalue weighted by atomic mass is 10.2. The number of hydrogen-bond acceptors (Lipinski definition) is 8. The first kappa shape index (κ1) is 18.1. The van der Waals surface area contributed by atoms with Crippen molar-refractivity contribution in [2.75, 3.05) is 16.8 Å². The van der Waals surface area contributed by atoms with E-state index in [1.54, 1.807) is 11.2 Å². The van der Waals surface area contributed by atoms with Gasteiger partial charge in [0.1, 0.15) is 5.52 Å². The number of aromatic amines is 1. The van der Waals surface area contributed by atoms with Crippen LogP contribution >= 0.6 is 0 Å². The van der Waals surface area contributed by atoms with E-state index in [2.05, 4.69) is 35.5 Å². The van der Waals surface area contributed by atoms with Crippen molar-refractivity contribution >= 4 is 34.3 Å². The highest BCUT2D eigenvalue weighted by molar-refractivity contribution is 6.04. The molecule has 4 heterocycles. The highest BCUT2D eigenvalue weighted by atomic mass is 19.3. The average molecular weight is 412 g/mol. The molecular formula is C18H14F2N8O2. The fraction of sp³-hybridized carbons (Fsp3) is 0.222. The Hall–Kier alpha value is -3.96. The Balaban J connectivity index is 1.42. The number of hydrogen-bond donors (Lipinski definition) is 2. The van der Waals surface area contributed by atoms with Crippen LogP contribution in [0, 0.1) is 0 Å². The molecule has 1 aliphatic heterocycles. The van der Waals surface area contributed by atoms with Crippen molar-refractivity contribution < 1.29 is 18.0 Å². The van der Waals surface area contributed by atoms with Crippen LogP contribution in [0.25, 0.3) is 22.5 Å². The third-order valence-electron chi connectivity index (χ3n) is 4.65. The summed E-state index contributed by atoms with van der Waals surface area (Å²) in [6, 6.07) is 3.65. The number of anilines is 3. The summed E-state index contributed by atoms with van der Waals surface area (Å²) < 4.78 is 30.1. The van der Waals surface area contributed by atoms with Gasteiger partial charge in [0.2, 0.25) is 11.9 Å². The van der Waals surface area contributed by atoms with Crippen LogP contribution < -0.4 is 10.2 Å². The Bertz CT molecular complexity index is 1220. The zero-order valence-electron chi connectivity index (χ0n) is 15.3. The molecule has 0 saturated carbocycles. The maximum absolute atomic E-state index is 12.6. The summed E-state index contributed by atoms with van der Waals surface area (Å²) in [5.74, 6) is -0.528. The van der Waals surface area contributed by atoms with Gasteiger partial charge >= 0.3 is 6.43 Å². The van der Waals surface area contributed by atoms with Crippen molar-refractivity contribution in [2.24, 2.45) is 0 Å². The van der Waals surface area contributed by atoms with Gasteiger partial charge in [0.25, 0.3) is 11.8 Å². The molecule has 4 aromatic rings. The number of carbonyl (C=O) groups is 1. The standard InChI is InChI=1S/C18H14F2N8O2/c19-15(20)17-27-26-16(30-17)9-6-21-18(22-7-9)25-10-4-11-14(24-8-23-11)12(5-10)28-3-1-2-13(28)29/h4-8,15H,1-3H2,(H,23,24)(H,21,22,25). The number of nitrogens with zero attached hydrogens (tertiary/aromatic N) is 6. The molecule has 1 saturated heterocycles. The third kappa shape index (κ3) is 3.21. The second-order valence-corrected chi connectivity index (χ2v) is 6.61. The first-order valence-electron chi connectivity index (χ1n) is 9.07. The molecule has 152 valence electrons. The second kappa shape index (κ2) is 7.13. The molecule has 12 heteroatoms. The first-order chi connectivity index (χ1) is 14.6. The molecule has 1 amide bonds. The van der Waals surface area contributed by atoms with E-state index in [9.17, 15) is 13.6 Å². The van der Waals surface area contributed by atoms with E-state index >= 15 is 0 Å². The molecule has 0 spiro atoms. The quantitative estimate of drug-likeness (QED) is 0.512. The number of H-pyrrole nitrogens is 1. The summed E-state index contributed by atoms with van der Waals surface area (Å²) in [6.45, 7) is 0.639.